The number of aromatic hydroxyl groups is 1. The molecule has 1 aliphatic carbocycles. The largest absolute Gasteiger partial charge is 0.508 e. The lowest BCUT2D eigenvalue weighted by Gasteiger charge is -2.30. The van der Waals surface area contributed by atoms with Crippen LogP contribution in [-0.2, 0) is 11.2 Å². The van der Waals surface area contributed by atoms with Gasteiger partial charge in [-0.15, -0.1) is 0 Å². The van der Waals surface area contributed by atoms with Crippen molar-refractivity contribution in [3.05, 3.63) is 58.7 Å². The number of benzene rings is 2. The maximum atomic E-state index is 14.1. The second kappa shape index (κ2) is 11.1. The fourth-order valence-electron chi connectivity index (χ4n) is 5.30. The standard InChI is InChI=1S/C27H32F3N3O4/c1-14(31-2)6-8-19-22(34)11-10-21-23(19)32-26(33(21)17-5-3-4-15(12-17)27(36)37)24(35)20-13-16(28)7-9-18(20)25(29)30/h7,9-11,13-15,17,24-25,31,34-35H,3-6,8,12H2,1-2H3,(H,36,37). The van der Waals surface area contributed by atoms with E-state index in [4.69, 9.17) is 0 Å². The lowest BCUT2D eigenvalue weighted by molar-refractivity contribution is -0.143. The highest BCUT2D eigenvalue weighted by Crippen LogP contribution is 2.41. The number of hydrogen-bond acceptors (Lipinski definition) is 5. The second-order valence-electron chi connectivity index (χ2n) is 9.83. The Bertz CT molecular complexity index is 1280. The molecule has 1 saturated carbocycles. The molecule has 4 unspecified atom stereocenters. The van der Waals surface area contributed by atoms with Crippen LogP contribution < -0.4 is 5.32 Å². The van der Waals surface area contributed by atoms with Gasteiger partial charge in [-0.25, -0.2) is 18.2 Å². The van der Waals surface area contributed by atoms with Crippen molar-refractivity contribution in [2.24, 2.45) is 5.92 Å². The van der Waals surface area contributed by atoms with Gasteiger partial charge in [-0.3, -0.25) is 4.79 Å². The molecule has 0 bridgehead atoms. The van der Waals surface area contributed by atoms with Crippen LogP contribution in [0.1, 0.15) is 80.1 Å². The second-order valence-corrected chi connectivity index (χ2v) is 9.83. The Morgan fingerprint density at radius 1 is 1.22 bits per heavy atom. The Morgan fingerprint density at radius 2 is 1.97 bits per heavy atom. The molecule has 10 heteroatoms. The topological polar surface area (TPSA) is 108 Å². The molecule has 0 saturated heterocycles. The zero-order valence-electron chi connectivity index (χ0n) is 20.8. The molecule has 4 atom stereocenters. The van der Waals surface area contributed by atoms with Crippen molar-refractivity contribution >= 4 is 17.0 Å². The molecule has 4 rings (SSSR count). The maximum Gasteiger partial charge on any atom is 0.306 e. The number of halogens is 3. The number of aliphatic hydroxyl groups excluding tert-OH is 1. The van der Waals surface area contributed by atoms with E-state index in [0.717, 1.165) is 18.2 Å². The SMILES string of the molecule is CNC(C)CCc1c(O)ccc2c1nc(C(O)c1cc(F)ccc1C(F)F)n2C1CCCC(C(=O)O)C1. The van der Waals surface area contributed by atoms with Gasteiger partial charge in [0.15, 0.2) is 0 Å². The van der Waals surface area contributed by atoms with E-state index in [2.05, 4.69) is 10.3 Å². The zero-order valence-corrected chi connectivity index (χ0v) is 20.8. The van der Waals surface area contributed by atoms with E-state index in [0.29, 0.717) is 48.7 Å². The van der Waals surface area contributed by atoms with E-state index < -0.39 is 35.8 Å². The van der Waals surface area contributed by atoms with E-state index in [1.807, 2.05) is 14.0 Å². The summed E-state index contributed by atoms with van der Waals surface area (Å²) in [6, 6.07) is 5.69. The van der Waals surface area contributed by atoms with Crippen molar-refractivity contribution in [2.75, 3.05) is 7.05 Å². The number of imidazole rings is 1. The number of carbonyl (C=O) groups is 1. The number of carboxylic acid groups (broad SMARTS) is 1. The number of aliphatic hydroxyl groups is 1. The van der Waals surface area contributed by atoms with Gasteiger partial charge in [0.1, 0.15) is 23.5 Å². The molecule has 3 aromatic rings. The van der Waals surface area contributed by atoms with Crippen LogP contribution in [0.4, 0.5) is 13.2 Å². The van der Waals surface area contributed by atoms with Crippen molar-refractivity contribution in [3.8, 4) is 5.75 Å². The minimum Gasteiger partial charge on any atom is -0.508 e. The van der Waals surface area contributed by atoms with E-state index >= 15 is 0 Å². The van der Waals surface area contributed by atoms with Crippen LogP contribution in [0.5, 0.6) is 5.75 Å². The summed E-state index contributed by atoms with van der Waals surface area (Å²) in [4.78, 5) is 16.4. The molecular formula is C27H32F3N3O4. The Morgan fingerprint density at radius 3 is 2.65 bits per heavy atom. The number of alkyl halides is 2. The van der Waals surface area contributed by atoms with Crippen molar-refractivity contribution in [1.82, 2.24) is 14.9 Å². The number of fused-ring (bicyclic) bond motifs is 1. The molecule has 1 aromatic heterocycles. The van der Waals surface area contributed by atoms with Gasteiger partial charge >= 0.3 is 5.97 Å². The average molecular weight is 520 g/mol. The lowest BCUT2D eigenvalue weighted by atomic mass is 9.85. The maximum absolute atomic E-state index is 14.1. The third-order valence-corrected chi connectivity index (χ3v) is 7.47. The smallest absolute Gasteiger partial charge is 0.306 e. The van der Waals surface area contributed by atoms with Crippen molar-refractivity contribution in [3.63, 3.8) is 0 Å². The van der Waals surface area contributed by atoms with Crippen LogP contribution in [0.3, 0.4) is 0 Å². The summed E-state index contributed by atoms with van der Waals surface area (Å²) in [7, 11) is 1.83. The fraction of sp³-hybridized carbons (Fsp3) is 0.481. The quantitative estimate of drug-likeness (QED) is 0.307. The molecule has 37 heavy (non-hydrogen) atoms. The third kappa shape index (κ3) is 5.45. The van der Waals surface area contributed by atoms with Crippen LogP contribution in [0.15, 0.2) is 30.3 Å². The Hall–Kier alpha value is -3.11. The van der Waals surface area contributed by atoms with Gasteiger partial charge in [0.25, 0.3) is 6.43 Å². The molecule has 0 amide bonds. The minimum atomic E-state index is -2.95. The third-order valence-electron chi connectivity index (χ3n) is 7.47. The Balaban J connectivity index is 1.91. The van der Waals surface area contributed by atoms with Gasteiger partial charge in [-0.2, -0.15) is 0 Å². The van der Waals surface area contributed by atoms with Gasteiger partial charge in [0.2, 0.25) is 0 Å². The van der Waals surface area contributed by atoms with E-state index in [-0.39, 0.29) is 35.6 Å². The van der Waals surface area contributed by atoms with Crippen LogP contribution in [0.2, 0.25) is 0 Å². The number of carboxylic acids is 1. The molecule has 200 valence electrons. The number of nitrogens with one attached hydrogen (secondary N) is 1. The summed E-state index contributed by atoms with van der Waals surface area (Å²) in [5.41, 5.74) is 0.706. The molecule has 4 N–H and O–H groups in total. The monoisotopic (exact) mass is 519 g/mol. The minimum absolute atomic E-state index is 0.0204. The number of phenolic OH excluding ortho intramolecular Hbond substituents is 1. The summed E-state index contributed by atoms with van der Waals surface area (Å²) in [6.07, 6.45) is -1.47. The molecular weight excluding hydrogens is 487 g/mol. The van der Waals surface area contributed by atoms with E-state index in [1.54, 1.807) is 10.6 Å². The number of hydrogen-bond donors (Lipinski definition) is 4. The summed E-state index contributed by atoms with van der Waals surface area (Å²) < 4.78 is 43.4. The molecule has 0 spiro atoms. The number of aliphatic carboxylic acids is 1. The van der Waals surface area contributed by atoms with Crippen LogP contribution in [0.25, 0.3) is 11.0 Å². The zero-order chi connectivity index (χ0) is 26.9. The molecule has 1 fully saturated rings. The summed E-state index contributed by atoms with van der Waals surface area (Å²) in [6.45, 7) is 1.99. The molecule has 1 heterocycles. The molecule has 2 aromatic carbocycles. The number of phenols is 1. The number of aromatic nitrogens is 2. The Labute approximate surface area is 213 Å². The van der Waals surface area contributed by atoms with Crippen molar-refractivity contribution in [2.45, 2.75) is 70.1 Å². The number of aryl methyl sites for hydroxylation is 1. The molecule has 1 aliphatic rings. The van der Waals surface area contributed by atoms with Crippen molar-refractivity contribution < 1.29 is 33.3 Å². The first-order valence-corrected chi connectivity index (χ1v) is 12.5. The van der Waals surface area contributed by atoms with Crippen LogP contribution in [0, 0.1) is 11.7 Å². The predicted molar refractivity (Wildman–Crippen MR) is 132 cm³/mol. The number of rotatable bonds is 9. The van der Waals surface area contributed by atoms with Gasteiger partial charge in [-0.1, -0.05) is 12.5 Å². The Kier molecular flexibility index (Phi) is 8.08. The predicted octanol–water partition coefficient (Wildman–Crippen LogP) is 5.26. The highest BCUT2D eigenvalue weighted by molar-refractivity contribution is 5.82. The van der Waals surface area contributed by atoms with E-state index in [9.17, 15) is 33.3 Å². The first-order chi connectivity index (χ1) is 17.6. The first kappa shape index (κ1) is 26.9. The van der Waals surface area contributed by atoms with Gasteiger partial charge in [-0.05, 0) is 75.9 Å². The van der Waals surface area contributed by atoms with Gasteiger partial charge in [0.05, 0.1) is 17.0 Å². The summed E-state index contributed by atoms with van der Waals surface area (Å²) >= 11 is 0. The van der Waals surface area contributed by atoms with Gasteiger partial charge in [0, 0.05) is 23.2 Å². The molecule has 0 aliphatic heterocycles. The van der Waals surface area contributed by atoms with Crippen molar-refractivity contribution in [1.29, 1.82) is 0 Å². The van der Waals surface area contributed by atoms with E-state index in [1.165, 1.54) is 6.07 Å². The average Bonchev–Trinajstić information content (AvgIpc) is 3.26. The van der Waals surface area contributed by atoms with Crippen LogP contribution >= 0.6 is 0 Å². The summed E-state index contributed by atoms with van der Waals surface area (Å²) in [5, 5.41) is 34.8. The fourth-order valence-corrected chi connectivity index (χ4v) is 5.30. The molecule has 7 nitrogen and oxygen atoms in total. The highest BCUT2D eigenvalue weighted by atomic mass is 19.3. The van der Waals surface area contributed by atoms with Crippen LogP contribution in [-0.4, -0.2) is 43.9 Å². The normalized spacial score (nSPS) is 19.9. The van der Waals surface area contributed by atoms with Gasteiger partial charge < -0.3 is 25.2 Å². The first-order valence-electron chi connectivity index (χ1n) is 12.5. The lowest BCUT2D eigenvalue weighted by Crippen LogP contribution is -2.26. The highest BCUT2D eigenvalue weighted by Gasteiger charge is 2.34. The molecule has 0 radical (unpaired) electrons. The summed E-state index contributed by atoms with van der Waals surface area (Å²) in [5.74, 6) is -2.25. The number of nitrogens with zero attached hydrogens (tertiary/aromatic N) is 2.